The van der Waals surface area contributed by atoms with Gasteiger partial charge in [-0.25, -0.2) is 0 Å². The molecule has 3 heteroatoms. The minimum absolute atomic E-state index is 0.291. The van der Waals surface area contributed by atoms with Crippen LogP contribution >= 0.6 is 0 Å². The number of phenols is 1. The van der Waals surface area contributed by atoms with Crippen molar-refractivity contribution in [3.05, 3.63) is 30.0 Å². The van der Waals surface area contributed by atoms with Gasteiger partial charge in [-0.15, -0.1) is 0 Å². The summed E-state index contributed by atoms with van der Waals surface area (Å²) < 4.78 is 5.39. The van der Waals surface area contributed by atoms with Gasteiger partial charge in [0.25, 0.3) is 0 Å². The van der Waals surface area contributed by atoms with Crippen molar-refractivity contribution in [2.75, 3.05) is 7.05 Å². The van der Waals surface area contributed by atoms with Gasteiger partial charge in [-0.05, 0) is 32.5 Å². The number of fused-ring (bicyclic) bond motifs is 1. The minimum Gasteiger partial charge on any atom is -0.507 e. The lowest BCUT2D eigenvalue weighted by molar-refractivity contribution is 0.480. The molecule has 1 aromatic carbocycles. The summed E-state index contributed by atoms with van der Waals surface area (Å²) in [5.41, 5.74) is 1.79. The van der Waals surface area contributed by atoms with Gasteiger partial charge in [0.1, 0.15) is 11.3 Å². The van der Waals surface area contributed by atoms with Crippen molar-refractivity contribution >= 4 is 11.0 Å². The molecule has 1 unspecified atom stereocenters. The maximum absolute atomic E-state index is 9.75. The average molecular weight is 205 g/mol. The van der Waals surface area contributed by atoms with Crippen molar-refractivity contribution in [1.29, 1.82) is 0 Å². The lowest BCUT2D eigenvalue weighted by Crippen LogP contribution is -2.23. The highest BCUT2D eigenvalue weighted by molar-refractivity contribution is 5.87. The Kier molecular flexibility index (Phi) is 2.64. The van der Waals surface area contributed by atoms with E-state index >= 15 is 0 Å². The normalized spacial score (nSPS) is 13.2. The molecule has 0 amide bonds. The SMILES string of the molecule is CNC(C)Cc1coc2cccc(O)c12. The van der Waals surface area contributed by atoms with Crippen LogP contribution in [0.5, 0.6) is 5.75 Å². The van der Waals surface area contributed by atoms with Gasteiger partial charge in [-0.1, -0.05) is 6.07 Å². The van der Waals surface area contributed by atoms with Crippen LogP contribution in [0, 0.1) is 0 Å². The second-order valence-electron chi connectivity index (χ2n) is 3.81. The lowest BCUT2D eigenvalue weighted by atomic mass is 10.1. The molecule has 0 aliphatic rings. The largest absolute Gasteiger partial charge is 0.507 e. The van der Waals surface area contributed by atoms with Gasteiger partial charge in [0.15, 0.2) is 0 Å². The second kappa shape index (κ2) is 3.95. The molecule has 0 radical (unpaired) electrons. The number of nitrogens with one attached hydrogen (secondary N) is 1. The summed E-state index contributed by atoms with van der Waals surface area (Å²) in [6.45, 7) is 2.10. The first kappa shape index (κ1) is 10.1. The third-order valence-corrected chi connectivity index (χ3v) is 2.67. The van der Waals surface area contributed by atoms with Gasteiger partial charge >= 0.3 is 0 Å². The van der Waals surface area contributed by atoms with E-state index in [9.17, 15) is 5.11 Å². The summed E-state index contributed by atoms with van der Waals surface area (Å²) in [5, 5.41) is 13.7. The predicted molar refractivity (Wildman–Crippen MR) is 60.1 cm³/mol. The molecule has 0 aliphatic carbocycles. The van der Waals surface area contributed by atoms with Crippen LogP contribution in [0.25, 0.3) is 11.0 Å². The van der Waals surface area contributed by atoms with Crippen LogP contribution in [0.2, 0.25) is 0 Å². The van der Waals surface area contributed by atoms with Crippen LogP contribution in [0.1, 0.15) is 12.5 Å². The van der Waals surface area contributed by atoms with Crippen molar-refractivity contribution in [3.8, 4) is 5.75 Å². The molecule has 0 aliphatic heterocycles. The van der Waals surface area contributed by atoms with E-state index in [1.807, 2.05) is 13.1 Å². The van der Waals surface area contributed by atoms with Crippen molar-refractivity contribution in [1.82, 2.24) is 5.32 Å². The Bertz CT molecular complexity index is 462. The number of likely N-dealkylation sites (N-methyl/N-ethyl adjacent to an activating group) is 1. The number of furan rings is 1. The second-order valence-corrected chi connectivity index (χ2v) is 3.81. The number of aromatic hydroxyl groups is 1. The Balaban J connectivity index is 2.43. The predicted octanol–water partition coefficient (Wildman–Crippen LogP) is 2.29. The molecule has 1 aromatic heterocycles. The fourth-order valence-corrected chi connectivity index (χ4v) is 1.72. The summed E-state index contributed by atoms with van der Waals surface area (Å²) in [6.07, 6.45) is 2.57. The molecule has 0 fully saturated rings. The number of benzene rings is 1. The molecule has 15 heavy (non-hydrogen) atoms. The van der Waals surface area contributed by atoms with E-state index < -0.39 is 0 Å². The zero-order valence-electron chi connectivity index (χ0n) is 8.95. The standard InChI is InChI=1S/C12H15NO2/c1-8(13-2)6-9-7-15-11-5-3-4-10(14)12(9)11/h3-5,7-8,13-14H,6H2,1-2H3. The minimum atomic E-state index is 0.291. The molecular formula is C12H15NO2. The molecule has 2 N–H and O–H groups in total. The molecule has 0 bridgehead atoms. The van der Waals surface area contributed by atoms with E-state index in [2.05, 4.69) is 12.2 Å². The van der Waals surface area contributed by atoms with E-state index in [0.717, 1.165) is 23.0 Å². The van der Waals surface area contributed by atoms with Gasteiger partial charge in [0, 0.05) is 11.6 Å². The highest BCUT2D eigenvalue weighted by Gasteiger charge is 2.11. The summed E-state index contributed by atoms with van der Waals surface area (Å²) in [4.78, 5) is 0. The molecule has 2 rings (SSSR count). The van der Waals surface area contributed by atoms with E-state index in [1.54, 1.807) is 18.4 Å². The highest BCUT2D eigenvalue weighted by atomic mass is 16.3. The quantitative estimate of drug-likeness (QED) is 0.808. The van der Waals surface area contributed by atoms with Gasteiger partial charge in [-0.3, -0.25) is 0 Å². The van der Waals surface area contributed by atoms with Crippen LogP contribution < -0.4 is 5.32 Å². The van der Waals surface area contributed by atoms with Crippen LogP contribution in [0.4, 0.5) is 0 Å². The molecule has 0 spiro atoms. The van der Waals surface area contributed by atoms with Gasteiger partial charge < -0.3 is 14.8 Å². The van der Waals surface area contributed by atoms with E-state index in [1.165, 1.54) is 0 Å². The zero-order valence-corrected chi connectivity index (χ0v) is 8.95. The first-order valence-electron chi connectivity index (χ1n) is 5.07. The molecule has 1 atom stereocenters. The van der Waals surface area contributed by atoms with Crippen molar-refractivity contribution < 1.29 is 9.52 Å². The molecule has 80 valence electrons. The molecule has 0 saturated heterocycles. The smallest absolute Gasteiger partial charge is 0.137 e. The fourth-order valence-electron chi connectivity index (χ4n) is 1.72. The molecular weight excluding hydrogens is 190 g/mol. The van der Waals surface area contributed by atoms with Crippen LogP contribution in [0.3, 0.4) is 0 Å². The van der Waals surface area contributed by atoms with Crippen LogP contribution in [0.15, 0.2) is 28.9 Å². The van der Waals surface area contributed by atoms with E-state index in [4.69, 9.17) is 4.42 Å². The Labute approximate surface area is 88.7 Å². The summed E-state index contributed by atoms with van der Waals surface area (Å²) in [7, 11) is 1.92. The first-order valence-corrected chi connectivity index (χ1v) is 5.07. The Morgan fingerprint density at radius 3 is 3.00 bits per heavy atom. The Morgan fingerprint density at radius 2 is 2.27 bits per heavy atom. The number of rotatable bonds is 3. The molecule has 0 saturated carbocycles. The monoisotopic (exact) mass is 205 g/mol. The Hall–Kier alpha value is -1.48. The first-order chi connectivity index (χ1) is 7.22. The van der Waals surface area contributed by atoms with Gasteiger partial charge in [0.2, 0.25) is 0 Å². The van der Waals surface area contributed by atoms with E-state index in [0.29, 0.717) is 11.8 Å². The summed E-state index contributed by atoms with van der Waals surface area (Å²) >= 11 is 0. The number of phenolic OH excluding ortho intramolecular Hbond substituents is 1. The third-order valence-electron chi connectivity index (χ3n) is 2.67. The van der Waals surface area contributed by atoms with Gasteiger partial charge in [0.05, 0.1) is 11.6 Å². The van der Waals surface area contributed by atoms with Crippen molar-refractivity contribution in [2.45, 2.75) is 19.4 Å². The molecule has 3 nitrogen and oxygen atoms in total. The maximum Gasteiger partial charge on any atom is 0.137 e. The molecule has 2 aromatic rings. The molecule has 1 heterocycles. The topological polar surface area (TPSA) is 45.4 Å². The van der Waals surface area contributed by atoms with Crippen LogP contribution in [-0.4, -0.2) is 18.2 Å². The highest BCUT2D eigenvalue weighted by Crippen LogP contribution is 2.30. The summed E-state index contributed by atoms with van der Waals surface area (Å²) in [6, 6.07) is 5.70. The third kappa shape index (κ3) is 1.83. The van der Waals surface area contributed by atoms with E-state index in [-0.39, 0.29) is 0 Å². The number of hydrogen-bond acceptors (Lipinski definition) is 3. The average Bonchev–Trinajstić information content (AvgIpc) is 2.63. The van der Waals surface area contributed by atoms with Crippen LogP contribution in [-0.2, 0) is 6.42 Å². The maximum atomic E-state index is 9.75. The number of hydrogen-bond donors (Lipinski definition) is 2. The van der Waals surface area contributed by atoms with Gasteiger partial charge in [-0.2, -0.15) is 0 Å². The zero-order chi connectivity index (χ0) is 10.8. The lowest BCUT2D eigenvalue weighted by Gasteiger charge is -2.08. The van der Waals surface area contributed by atoms with Crippen molar-refractivity contribution in [2.24, 2.45) is 0 Å². The Morgan fingerprint density at radius 1 is 1.47 bits per heavy atom. The summed E-state index contributed by atoms with van der Waals surface area (Å²) in [5.74, 6) is 0.291. The van der Waals surface area contributed by atoms with Crippen molar-refractivity contribution in [3.63, 3.8) is 0 Å². The fraction of sp³-hybridized carbons (Fsp3) is 0.333.